The van der Waals surface area contributed by atoms with Crippen LogP contribution in [0.3, 0.4) is 0 Å². The van der Waals surface area contributed by atoms with E-state index in [-0.39, 0.29) is 29.2 Å². The van der Waals surface area contributed by atoms with Crippen molar-refractivity contribution in [2.75, 3.05) is 24.2 Å². The minimum absolute atomic E-state index is 0.0522. The molecule has 0 heterocycles. The first-order valence-electron chi connectivity index (χ1n) is 12.7. The first kappa shape index (κ1) is 29.7. The van der Waals surface area contributed by atoms with Crippen molar-refractivity contribution in [3.8, 4) is 5.75 Å². The maximum absolute atomic E-state index is 13.8. The zero-order chi connectivity index (χ0) is 27.9. The van der Waals surface area contributed by atoms with Crippen LogP contribution in [-0.4, -0.2) is 57.1 Å². The van der Waals surface area contributed by atoms with Crippen LogP contribution in [0.4, 0.5) is 10.1 Å². The van der Waals surface area contributed by atoms with Crippen molar-refractivity contribution in [2.24, 2.45) is 0 Å². The van der Waals surface area contributed by atoms with E-state index in [1.807, 2.05) is 6.92 Å². The van der Waals surface area contributed by atoms with Crippen LogP contribution < -0.4 is 14.4 Å². The van der Waals surface area contributed by atoms with Crippen LogP contribution in [0.5, 0.6) is 5.75 Å². The van der Waals surface area contributed by atoms with Gasteiger partial charge in [0.1, 0.15) is 24.2 Å². The van der Waals surface area contributed by atoms with Crippen LogP contribution in [0.25, 0.3) is 0 Å². The highest BCUT2D eigenvalue weighted by atomic mass is 35.5. The summed E-state index contributed by atoms with van der Waals surface area (Å²) in [6.45, 7) is 1.32. The third-order valence-electron chi connectivity index (χ3n) is 6.72. The molecule has 208 valence electrons. The number of sulfonamides is 1. The Kier molecular flexibility index (Phi) is 10.4. The molecule has 3 rings (SSSR count). The second kappa shape index (κ2) is 13.3. The molecule has 38 heavy (non-hydrogen) atoms. The Bertz CT molecular complexity index is 1220. The molecule has 2 amide bonds. The topological polar surface area (TPSA) is 96.0 Å². The number of carbonyl (C=O) groups is 2. The Labute approximate surface area is 229 Å². The van der Waals surface area contributed by atoms with Gasteiger partial charge < -0.3 is 15.0 Å². The quantitative estimate of drug-likeness (QED) is 0.431. The highest BCUT2D eigenvalue weighted by Crippen LogP contribution is 2.25. The molecule has 0 bridgehead atoms. The summed E-state index contributed by atoms with van der Waals surface area (Å²) in [5.41, 5.74) is 0.801. The van der Waals surface area contributed by atoms with Crippen molar-refractivity contribution < 1.29 is 27.1 Å². The van der Waals surface area contributed by atoms with Crippen molar-refractivity contribution in [1.29, 1.82) is 0 Å². The summed E-state index contributed by atoms with van der Waals surface area (Å²) in [7, 11) is -2.40. The first-order valence-corrected chi connectivity index (χ1v) is 14.9. The van der Waals surface area contributed by atoms with Gasteiger partial charge in [-0.15, -0.1) is 0 Å². The molecule has 0 spiro atoms. The van der Waals surface area contributed by atoms with Crippen LogP contribution in [0.2, 0.25) is 5.02 Å². The van der Waals surface area contributed by atoms with Crippen LogP contribution >= 0.6 is 11.6 Å². The maximum atomic E-state index is 13.8. The van der Waals surface area contributed by atoms with Gasteiger partial charge in [-0.05, 0) is 55.2 Å². The SMILES string of the molecule is CCC(C(=O)NC1CCCCC1)N(Cc1ccc(OC)cc1)C(=O)CN(c1ccc(F)c(Cl)c1)S(C)(=O)=O. The molecule has 0 aliphatic heterocycles. The Morgan fingerprint density at radius 2 is 1.79 bits per heavy atom. The van der Waals surface area contributed by atoms with Gasteiger partial charge in [0, 0.05) is 12.6 Å². The van der Waals surface area contributed by atoms with Crippen molar-refractivity contribution in [1.82, 2.24) is 10.2 Å². The molecular formula is C27H35ClFN3O5S. The van der Waals surface area contributed by atoms with Crippen molar-refractivity contribution in [2.45, 2.75) is 64.1 Å². The van der Waals surface area contributed by atoms with Crippen molar-refractivity contribution in [3.05, 3.63) is 58.9 Å². The van der Waals surface area contributed by atoms with Crippen LogP contribution in [0.1, 0.15) is 51.0 Å². The van der Waals surface area contributed by atoms with E-state index in [9.17, 15) is 22.4 Å². The van der Waals surface area contributed by atoms with Crippen molar-refractivity contribution >= 4 is 39.1 Å². The molecule has 8 nitrogen and oxygen atoms in total. The third-order valence-corrected chi connectivity index (χ3v) is 8.15. The number of nitrogens with one attached hydrogen (secondary N) is 1. The monoisotopic (exact) mass is 567 g/mol. The highest BCUT2D eigenvalue weighted by molar-refractivity contribution is 7.92. The minimum Gasteiger partial charge on any atom is -0.497 e. The Morgan fingerprint density at radius 1 is 1.13 bits per heavy atom. The van der Waals surface area contributed by atoms with Gasteiger partial charge in [-0.2, -0.15) is 0 Å². The maximum Gasteiger partial charge on any atom is 0.244 e. The summed E-state index contributed by atoms with van der Waals surface area (Å²) in [5.74, 6) is -0.902. The van der Waals surface area contributed by atoms with E-state index in [1.54, 1.807) is 31.4 Å². The number of rotatable bonds is 11. The molecule has 2 aromatic carbocycles. The molecule has 0 aromatic heterocycles. The molecule has 1 saturated carbocycles. The summed E-state index contributed by atoms with van der Waals surface area (Å²) in [5, 5.41) is 2.83. The number of ether oxygens (including phenoxy) is 1. The number of nitrogens with zero attached hydrogens (tertiary/aromatic N) is 2. The predicted molar refractivity (Wildman–Crippen MR) is 146 cm³/mol. The lowest BCUT2D eigenvalue weighted by molar-refractivity contribution is -0.140. The van der Waals surface area contributed by atoms with Gasteiger partial charge in [0.2, 0.25) is 21.8 Å². The molecule has 1 atom stereocenters. The largest absolute Gasteiger partial charge is 0.497 e. The lowest BCUT2D eigenvalue weighted by Crippen LogP contribution is -2.53. The van der Waals surface area contributed by atoms with Gasteiger partial charge in [0.25, 0.3) is 0 Å². The number of hydrogen-bond donors (Lipinski definition) is 1. The van der Waals surface area contributed by atoms with Gasteiger partial charge in [0.05, 0.1) is 24.1 Å². The molecule has 1 fully saturated rings. The van der Waals surface area contributed by atoms with Gasteiger partial charge >= 0.3 is 0 Å². The number of halogens is 2. The van der Waals surface area contributed by atoms with E-state index in [0.29, 0.717) is 12.2 Å². The number of anilines is 1. The average molecular weight is 568 g/mol. The van der Waals surface area contributed by atoms with E-state index in [4.69, 9.17) is 16.3 Å². The second-order valence-electron chi connectivity index (χ2n) is 9.51. The third kappa shape index (κ3) is 7.83. The van der Waals surface area contributed by atoms with Crippen molar-refractivity contribution in [3.63, 3.8) is 0 Å². The number of benzene rings is 2. The Balaban J connectivity index is 1.92. The fraction of sp³-hybridized carbons (Fsp3) is 0.481. The minimum atomic E-state index is -3.95. The number of carbonyl (C=O) groups excluding carboxylic acids is 2. The Morgan fingerprint density at radius 3 is 2.34 bits per heavy atom. The highest BCUT2D eigenvalue weighted by Gasteiger charge is 2.33. The van der Waals surface area contributed by atoms with Crippen LogP contribution in [0.15, 0.2) is 42.5 Å². The average Bonchev–Trinajstić information content (AvgIpc) is 2.89. The fourth-order valence-corrected chi connectivity index (χ4v) is 5.66. The Hall–Kier alpha value is -2.85. The summed E-state index contributed by atoms with van der Waals surface area (Å²) in [4.78, 5) is 28.6. The molecule has 1 aliphatic carbocycles. The van der Waals surface area contributed by atoms with E-state index < -0.39 is 34.3 Å². The van der Waals surface area contributed by atoms with E-state index in [0.717, 1.165) is 60.4 Å². The lowest BCUT2D eigenvalue weighted by atomic mass is 9.95. The molecule has 0 saturated heterocycles. The van der Waals surface area contributed by atoms with Gasteiger partial charge in [0.15, 0.2) is 0 Å². The van der Waals surface area contributed by atoms with Crippen LogP contribution in [0, 0.1) is 5.82 Å². The number of amides is 2. The van der Waals surface area contributed by atoms with Gasteiger partial charge in [-0.1, -0.05) is 49.9 Å². The molecular weight excluding hydrogens is 533 g/mol. The zero-order valence-corrected chi connectivity index (χ0v) is 23.5. The number of methoxy groups -OCH3 is 1. The molecule has 11 heteroatoms. The standard InChI is InChI=1S/C27H35ClFN3O5S/c1-4-25(27(34)30-20-8-6-5-7-9-20)31(17-19-10-13-22(37-2)14-11-19)26(33)18-32(38(3,35)36)21-12-15-24(29)23(28)16-21/h10-16,20,25H,4-9,17-18H2,1-3H3,(H,30,34). The molecule has 2 aromatic rings. The molecule has 1 aliphatic rings. The second-order valence-corrected chi connectivity index (χ2v) is 11.8. The normalized spacial score (nSPS) is 15.0. The first-order chi connectivity index (χ1) is 18.0. The summed E-state index contributed by atoms with van der Waals surface area (Å²) in [6, 6.07) is 9.78. The lowest BCUT2D eigenvalue weighted by Gasteiger charge is -2.34. The van der Waals surface area contributed by atoms with E-state index in [2.05, 4.69) is 5.32 Å². The van der Waals surface area contributed by atoms with Crippen LogP contribution in [-0.2, 0) is 26.2 Å². The van der Waals surface area contributed by atoms with Gasteiger partial charge in [-0.25, -0.2) is 12.8 Å². The molecule has 1 unspecified atom stereocenters. The summed E-state index contributed by atoms with van der Waals surface area (Å²) in [6.07, 6.45) is 6.30. The van der Waals surface area contributed by atoms with E-state index >= 15 is 0 Å². The van der Waals surface area contributed by atoms with Gasteiger partial charge in [-0.3, -0.25) is 13.9 Å². The predicted octanol–water partition coefficient (Wildman–Crippen LogP) is 4.51. The summed E-state index contributed by atoms with van der Waals surface area (Å²) < 4.78 is 45.2. The van der Waals surface area contributed by atoms with E-state index in [1.165, 1.54) is 11.0 Å². The zero-order valence-electron chi connectivity index (χ0n) is 22.0. The molecule has 0 radical (unpaired) electrons. The summed E-state index contributed by atoms with van der Waals surface area (Å²) >= 11 is 5.89. The fourth-order valence-electron chi connectivity index (χ4n) is 4.65. The number of hydrogen-bond acceptors (Lipinski definition) is 5. The smallest absolute Gasteiger partial charge is 0.244 e. The molecule has 1 N–H and O–H groups in total.